The van der Waals surface area contributed by atoms with E-state index in [0.717, 1.165) is 11.4 Å². The third-order valence-electron chi connectivity index (χ3n) is 2.27. The number of carboxylic acids is 1. The van der Waals surface area contributed by atoms with Crippen molar-refractivity contribution in [1.82, 2.24) is 5.32 Å². The number of carbonyl (C=O) groups is 2. The second kappa shape index (κ2) is 6.53. The number of benzene rings is 1. The number of aliphatic carboxylic acids is 1. The minimum atomic E-state index is -1.99. The summed E-state index contributed by atoms with van der Waals surface area (Å²) in [6, 6.07) is 6.90. The molecule has 104 valence electrons. The lowest BCUT2D eigenvalue weighted by Gasteiger charge is -2.18. The zero-order valence-corrected chi connectivity index (χ0v) is 11.8. The smallest absolute Gasteiger partial charge is 0.337 e. The van der Waals surface area contributed by atoms with Gasteiger partial charge < -0.3 is 20.3 Å². The maximum Gasteiger partial charge on any atom is 0.337 e. The van der Waals surface area contributed by atoms with Crippen LogP contribution in [0.4, 0.5) is 0 Å². The summed E-state index contributed by atoms with van der Waals surface area (Å²) in [5.74, 6) is -1.39. The van der Waals surface area contributed by atoms with Crippen LogP contribution in [-0.2, 0) is 9.59 Å². The molecule has 19 heavy (non-hydrogen) atoms. The molecular formula is C12H14BrNO5. The van der Waals surface area contributed by atoms with E-state index in [1.807, 2.05) is 0 Å². The Labute approximate surface area is 118 Å². The number of hydrogen-bond donors (Lipinski definition) is 3. The summed E-state index contributed by atoms with van der Waals surface area (Å²) < 4.78 is 6.08. The van der Waals surface area contributed by atoms with E-state index in [9.17, 15) is 14.7 Å². The zero-order chi connectivity index (χ0) is 14.5. The van der Waals surface area contributed by atoms with E-state index in [0.29, 0.717) is 5.75 Å². The minimum absolute atomic E-state index is 0.253. The fraction of sp³-hybridized carbons (Fsp3) is 0.333. The first-order valence-electron chi connectivity index (χ1n) is 5.42. The Morgan fingerprint density at radius 2 is 1.95 bits per heavy atom. The zero-order valence-electron chi connectivity index (χ0n) is 10.2. The average molecular weight is 332 g/mol. The van der Waals surface area contributed by atoms with Gasteiger partial charge in [0, 0.05) is 4.47 Å². The number of ether oxygens (including phenoxy) is 1. The van der Waals surface area contributed by atoms with Crippen LogP contribution in [0, 0.1) is 0 Å². The molecule has 1 rings (SSSR count). The molecule has 0 radical (unpaired) electrons. The molecule has 3 N–H and O–H groups in total. The van der Waals surface area contributed by atoms with E-state index in [1.54, 1.807) is 24.3 Å². The predicted octanol–water partition coefficient (Wildman–Crippen LogP) is 0.780. The molecule has 1 unspecified atom stereocenters. The van der Waals surface area contributed by atoms with Crippen LogP contribution >= 0.6 is 15.9 Å². The molecule has 0 heterocycles. The standard InChI is InChI=1S/C12H14BrNO5/c1-12(18,11(16)17)7-14-10(15)6-19-9-4-2-8(13)3-5-9/h2-5,18H,6-7H2,1H3,(H,14,15)(H,16,17). The molecule has 0 aromatic heterocycles. The average Bonchev–Trinajstić information content (AvgIpc) is 2.35. The maximum atomic E-state index is 11.4. The van der Waals surface area contributed by atoms with Crippen LogP contribution in [0.1, 0.15) is 6.92 Å². The van der Waals surface area contributed by atoms with Crippen LogP contribution in [0.2, 0.25) is 0 Å². The summed E-state index contributed by atoms with van der Waals surface area (Å²) in [5, 5.41) is 20.3. The van der Waals surface area contributed by atoms with Gasteiger partial charge in [-0.25, -0.2) is 4.79 Å². The van der Waals surface area contributed by atoms with Crippen molar-refractivity contribution in [1.29, 1.82) is 0 Å². The molecule has 0 spiro atoms. The summed E-state index contributed by atoms with van der Waals surface area (Å²) in [6.07, 6.45) is 0. The fourth-order valence-corrected chi connectivity index (χ4v) is 1.34. The van der Waals surface area contributed by atoms with E-state index >= 15 is 0 Å². The van der Waals surface area contributed by atoms with Gasteiger partial charge in [0.2, 0.25) is 0 Å². The molecule has 0 bridgehead atoms. The molecule has 0 saturated heterocycles. The highest BCUT2D eigenvalue weighted by atomic mass is 79.9. The first-order valence-corrected chi connectivity index (χ1v) is 6.21. The van der Waals surface area contributed by atoms with Crippen molar-refractivity contribution in [2.75, 3.05) is 13.2 Å². The van der Waals surface area contributed by atoms with Crippen LogP contribution < -0.4 is 10.1 Å². The lowest BCUT2D eigenvalue weighted by molar-refractivity contribution is -0.156. The Morgan fingerprint density at radius 3 is 2.47 bits per heavy atom. The van der Waals surface area contributed by atoms with Crippen LogP contribution in [-0.4, -0.2) is 40.8 Å². The van der Waals surface area contributed by atoms with Gasteiger partial charge in [-0.2, -0.15) is 0 Å². The number of carboxylic acid groups (broad SMARTS) is 1. The number of nitrogens with one attached hydrogen (secondary N) is 1. The number of hydrogen-bond acceptors (Lipinski definition) is 4. The fourth-order valence-electron chi connectivity index (χ4n) is 1.08. The van der Waals surface area contributed by atoms with E-state index in [2.05, 4.69) is 21.2 Å². The normalized spacial score (nSPS) is 13.4. The number of halogens is 1. The van der Waals surface area contributed by atoms with E-state index in [-0.39, 0.29) is 13.2 Å². The largest absolute Gasteiger partial charge is 0.484 e. The molecule has 6 nitrogen and oxygen atoms in total. The maximum absolute atomic E-state index is 11.4. The van der Waals surface area contributed by atoms with Crippen LogP contribution in [0.25, 0.3) is 0 Å². The summed E-state index contributed by atoms with van der Waals surface area (Å²) in [7, 11) is 0. The van der Waals surface area contributed by atoms with Crippen LogP contribution in [0.3, 0.4) is 0 Å². The Hall–Kier alpha value is -1.60. The Morgan fingerprint density at radius 1 is 1.37 bits per heavy atom. The number of amides is 1. The van der Waals surface area contributed by atoms with Gasteiger partial charge in [-0.3, -0.25) is 4.79 Å². The van der Waals surface area contributed by atoms with Gasteiger partial charge in [-0.1, -0.05) is 15.9 Å². The molecular weight excluding hydrogens is 318 g/mol. The number of rotatable bonds is 6. The van der Waals surface area contributed by atoms with Crippen molar-refractivity contribution in [3.8, 4) is 5.75 Å². The van der Waals surface area contributed by atoms with Crippen molar-refractivity contribution in [2.24, 2.45) is 0 Å². The summed E-state index contributed by atoms with van der Waals surface area (Å²) in [5.41, 5.74) is -1.99. The van der Waals surface area contributed by atoms with Crippen molar-refractivity contribution in [2.45, 2.75) is 12.5 Å². The third-order valence-corrected chi connectivity index (χ3v) is 2.80. The van der Waals surface area contributed by atoms with Crippen molar-refractivity contribution < 1.29 is 24.5 Å². The SMILES string of the molecule is CC(O)(CNC(=O)COc1ccc(Br)cc1)C(=O)O. The van der Waals surface area contributed by atoms with E-state index in [4.69, 9.17) is 9.84 Å². The Balaban J connectivity index is 2.36. The highest BCUT2D eigenvalue weighted by Gasteiger charge is 2.30. The van der Waals surface area contributed by atoms with Gasteiger partial charge in [0.25, 0.3) is 5.91 Å². The van der Waals surface area contributed by atoms with Crippen molar-refractivity contribution in [3.63, 3.8) is 0 Å². The number of aliphatic hydroxyl groups is 1. The van der Waals surface area contributed by atoms with Gasteiger partial charge in [-0.15, -0.1) is 0 Å². The molecule has 7 heteroatoms. The highest BCUT2D eigenvalue weighted by molar-refractivity contribution is 9.10. The second-order valence-electron chi connectivity index (χ2n) is 4.10. The van der Waals surface area contributed by atoms with Crippen molar-refractivity contribution in [3.05, 3.63) is 28.7 Å². The van der Waals surface area contributed by atoms with Gasteiger partial charge in [-0.05, 0) is 31.2 Å². The van der Waals surface area contributed by atoms with Gasteiger partial charge in [0.05, 0.1) is 6.54 Å². The topological polar surface area (TPSA) is 95.9 Å². The first-order chi connectivity index (χ1) is 8.81. The molecule has 1 amide bonds. The van der Waals surface area contributed by atoms with Crippen LogP contribution in [0.5, 0.6) is 5.75 Å². The predicted molar refractivity (Wildman–Crippen MR) is 70.9 cm³/mol. The van der Waals surface area contributed by atoms with Gasteiger partial charge in [0.1, 0.15) is 5.75 Å². The van der Waals surface area contributed by atoms with Gasteiger partial charge in [0.15, 0.2) is 12.2 Å². The quantitative estimate of drug-likeness (QED) is 0.715. The molecule has 0 aliphatic heterocycles. The van der Waals surface area contributed by atoms with Crippen molar-refractivity contribution >= 4 is 27.8 Å². The summed E-state index contributed by atoms with van der Waals surface area (Å²) in [4.78, 5) is 22.0. The van der Waals surface area contributed by atoms with Gasteiger partial charge >= 0.3 is 5.97 Å². The third kappa shape index (κ3) is 5.27. The first kappa shape index (κ1) is 15.5. The van der Waals surface area contributed by atoms with E-state index < -0.39 is 17.5 Å². The highest BCUT2D eigenvalue weighted by Crippen LogP contribution is 2.15. The lowest BCUT2D eigenvalue weighted by Crippen LogP contribution is -2.47. The molecule has 0 saturated carbocycles. The summed E-state index contributed by atoms with van der Waals surface area (Å²) in [6.45, 7) is 0.466. The monoisotopic (exact) mass is 331 g/mol. The molecule has 1 atom stereocenters. The summed E-state index contributed by atoms with van der Waals surface area (Å²) >= 11 is 3.27. The number of carbonyl (C=O) groups excluding carboxylic acids is 1. The Bertz CT molecular complexity index is 458. The second-order valence-corrected chi connectivity index (χ2v) is 5.01. The van der Waals surface area contributed by atoms with Crippen LogP contribution in [0.15, 0.2) is 28.7 Å². The molecule has 1 aromatic carbocycles. The molecule has 1 aromatic rings. The lowest BCUT2D eigenvalue weighted by atomic mass is 10.1. The molecule has 0 fully saturated rings. The minimum Gasteiger partial charge on any atom is -0.484 e. The Kier molecular flexibility index (Phi) is 5.31. The van der Waals surface area contributed by atoms with E-state index in [1.165, 1.54) is 0 Å². The molecule has 0 aliphatic rings. The molecule has 0 aliphatic carbocycles.